The number of methoxy groups -OCH3 is 2. The molecule has 14 heavy (non-hydrogen) atoms. The van der Waals surface area contributed by atoms with Gasteiger partial charge in [0.05, 0.1) is 31.8 Å². The molecule has 0 radical (unpaired) electrons. The quantitative estimate of drug-likeness (QED) is 0.783. The Morgan fingerprint density at radius 2 is 1.79 bits per heavy atom. The number of hydrogen-bond donors (Lipinski definition) is 1. The highest BCUT2D eigenvalue weighted by atomic mass is 35.5. The van der Waals surface area contributed by atoms with Crippen molar-refractivity contribution in [2.24, 2.45) is 0 Å². The van der Waals surface area contributed by atoms with Gasteiger partial charge >= 0.3 is 0 Å². The van der Waals surface area contributed by atoms with Crippen molar-refractivity contribution >= 4 is 11.6 Å². The molecule has 78 valence electrons. The summed E-state index contributed by atoms with van der Waals surface area (Å²) in [6, 6.07) is 5.31. The summed E-state index contributed by atoms with van der Waals surface area (Å²) >= 11 is 5.58. The maximum atomic E-state index is 9.66. The molecule has 1 aromatic rings. The fraction of sp³-hybridized carbons (Fsp3) is 0.400. The van der Waals surface area contributed by atoms with Gasteiger partial charge in [-0.05, 0) is 12.1 Å². The third-order valence-corrected chi connectivity index (χ3v) is 2.24. The molecule has 0 spiro atoms. The van der Waals surface area contributed by atoms with Crippen LogP contribution in [0.15, 0.2) is 18.2 Å². The second-order valence-electron chi connectivity index (χ2n) is 2.75. The molecule has 1 atom stereocenters. The first-order chi connectivity index (χ1) is 6.74. The van der Waals surface area contributed by atoms with Crippen molar-refractivity contribution in [3.8, 4) is 11.5 Å². The largest absolute Gasteiger partial charge is 0.496 e. The lowest BCUT2D eigenvalue weighted by molar-refractivity contribution is 0.192. The molecular weight excluding hydrogens is 204 g/mol. The van der Waals surface area contributed by atoms with Crippen LogP contribution in [0.5, 0.6) is 11.5 Å². The number of aliphatic hydroxyl groups is 1. The summed E-state index contributed by atoms with van der Waals surface area (Å²) in [6.07, 6.45) is -0.775. The highest BCUT2D eigenvalue weighted by Crippen LogP contribution is 2.34. The molecule has 1 unspecified atom stereocenters. The van der Waals surface area contributed by atoms with Crippen LogP contribution in [-0.2, 0) is 0 Å². The fourth-order valence-electron chi connectivity index (χ4n) is 1.29. The molecule has 4 heteroatoms. The summed E-state index contributed by atoms with van der Waals surface area (Å²) in [5.41, 5.74) is 0.590. The minimum atomic E-state index is -0.775. The molecule has 1 N–H and O–H groups in total. The summed E-state index contributed by atoms with van der Waals surface area (Å²) in [4.78, 5) is 0. The Labute approximate surface area is 88.2 Å². The highest BCUT2D eigenvalue weighted by Gasteiger charge is 2.17. The van der Waals surface area contributed by atoms with Crippen LogP contribution in [0.2, 0.25) is 0 Å². The van der Waals surface area contributed by atoms with E-state index in [1.807, 2.05) is 0 Å². The molecule has 0 amide bonds. The third kappa shape index (κ3) is 2.11. The minimum Gasteiger partial charge on any atom is -0.496 e. The Hall–Kier alpha value is -0.930. The van der Waals surface area contributed by atoms with E-state index < -0.39 is 6.10 Å². The van der Waals surface area contributed by atoms with E-state index in [0.29, 0.717) is 17.1 Å². The Kier molecular flexibility index (Phi) is 4.04. The number of benzene rings is 1. The number of halogens is 1. The zero-order chi connectivity index (χ0) is 10.6. The highest BCUT2D eigenvalue weighted by molar-refractivity contribution is 6.18. The fourth-order valence-corrected chi connectivity index (χ4v) is 1.44. The van der Waals surface area contributed by atoms with Crippen LogP contribution in [0.3, 0.4) is 0 Å². The molecule has 1 rings (SSSR count). The molecule has 0 aliphatic rings. The molecule has 0 fully saturated rings. The summed E-state index contributed by atoms with van der Waals surface area (Å²) in [5, 5.41) is 9.66. The van der Waals surface area contributed by atoms with E-state index in [0.717, 1.165) is 0 Å². The second-order valence-corrected chi connectivity index (χ2v) is 3.05. The summed E-state index contributed by atoms with van der Waals surface area (Å²) in [5.74, 6) is 1.27. The van der Waals surface area contributed by atoms with Crippen molar-refractivity contribution in [2.45, 2.75) is 6.10 Å². The smallest absolute Gasteiger partial charge is 0.128 e. The van der Waals surface area contributed by atoms with Crippen LogP contribution in [0.1, 0.15) is 11.7 Å². The van der Waals surface area contributed by atoms with Crippen molar-refractivity contribution in [3.05, 3.63) is 23.8 Å². The van der Waals surface area contributed by atoms with Crippen molar-refractivity contribution in [1.29, 1.82) is 0 Å². The van der Waals surface area contributed by atoms with Gasteiger partial charge in [0.2, 0.25) is 0 Å². The first kappa shape index (κ1) is 11.1. The first-order valence-corrected chi connectivity index (χ1v) is 4.73. The monoisotopic (exact) mass is 216 g/mol. The molecule has 0 heterocycles. The van der Waals surface area contributed by atoms with Gasteiger partial charge in [-0.3, -0.25) is 0 Å². The molecule has 1 aromatic carbocycles. The summed E-state index contributed by atoms with van der Waals surface area (Å²) < 4.78 is 10.2. The van der Waals surface area contributed by atoms with Gasteiger partial charge in [-0.15, -0.1) is 11.6 Å². The molecule has 0 aliphatic heterocycles. The zero-order valence-corrected chi connectivity index (χ0v) is 8.91. The van der Waals surface area contributed by atoms with Gasteiger partial charge in [0.1, 0.15) is 11.5 Å². The van der Waals surface area contributed by atoms with Crippen molar-refractivity contribution in [2.75, 3.05) is 20.1 Å². The average molecular weight is 217 g/mol. The van der Waals surface area contributed by atoms with E-state index in [2.05, 4.69) is 0 Å². The van der Waals surface area contributed by atoms with Crippen LogP contribution in [0, 0.1) is 0 Å². The number of ether oxygens (including phenoxy) is 2. The lowest BCUT2D eigenvalue weighted by Crippen LogP contribution is -2.04. The van der Waals surface area contributed by atoms with Crippen molar-refractivity contribution in [3.63, 3.8) is 0 Å². The van der Waals surface area contributed by atoms with Crippen molar-refractivity contribution < 1.29 is 14.6 Å². The molecule has 0 saturated heterocycles. The average Bonchev–Trinajstić information content (AvgIpc) is 2.26. The molecule has 0 saturated carbocycles. The number of alkyl halides is 1. The summed E-state index contributed by atoms with van der Waals surface area (Å²) in [6.45, 7) is 0. The molecular formula is C10H13ClO3. The molecule has 3 nitrogen and oxygen atoms in total. The standard InChI is InChI=1S/C10H13ClO3/c1-13-8-4-3-5-9(14-2)10(8)7(12)6-11/h3-5,7,12H,6H2,1-2H3. The normalized spacial score (nSPS) is 12.3. The van der Waals surface area contributed by atoms with Gasteiger partial charge in [0, 0.05) is 0 Å². The zero-order valence-electron chi connectivity index (χ0n) is 8.16. The van der Waals surface area contributed by atoms with Crippen molar-refractivity contribution in [1.82, 2.24) is 0 Å². The molecule has 0 aromatic heterocycles. The van der Waals surface area contributed by atoms with Gasteiger partial charge < -0.3 is 14.6 Å². The van der Waals surface area contributed by atoms with Gasteiger partial charge in [-0.2, -0.15) is 0 Å². The van der Waals surface area contributed by atoms with E-state index in [1.165, 1.54) is 0 Å². The number of hydrogen-bond acceptors (Lipinski definition) is 3. The van der Waals surface area contributed by atoms with E-state index in [4.69, 9.17) is 21.1 Å². The lowest BCUT2D eigenvalue weighted by Gasteiger charge is -2.15. The number of rotatable bonds is 4. The topological polar surface area (TPSA) is 38.7 Å². The van der Waals surface area contributed by atoms with Gasteiger partial charge in [-0.25, -0.2) is 0 Å². The first-order valence-electron chi connectivity index (χ1n) is 4.19. The Morgan fingerprint density at radius 1 is 1.29 bits per heavy atom. The van der Waals surface area contributed by atoms with E-state index in [1.54, 1.807) is 32.4 Å². The van der Waals surface area contributed by atoms with Crippen LogP contribution >= 0.6 is 11.6 Å². The SMILES string of the molecule is COc1cccc(OC)c1C(O)CCl. The molecule has 0 aliphatic carbocycles. The van der Waals surface area contributed by atoms with Crippen LogP contribution in [-0.4, -0.2) is 25.2 Å². The third-order valence-electron chi connectivity index (χ3n) is 1.95. The van der Waals surface area contributed by atoms with E-state index in [-0.39, 0.29) is 5.88 Å². The van der Waals surface area contributed by atoms with Crippen LogP contribution in [0.25, 0.3) is 0 Å². The lowest BCUT2D eigenvalue weighted by atomic mass is 10.1. The van der Waals surface area contributed by atoms with Crippen LogP contribution in [0.4, 0.5) is 0 Å². The van der Waals surface area contributed by atoms with Crippen LogP contribution < -0.4 is 9.47 Å². The van der Waals surface area contributed by atoms with Gasteiger partial charge in [-0.1, -0.05) is 6.07 Å². The van der Waals surface area contributed by atoms with E-state index in [9.17, 15) is 5.11 Å². The Balaban J connectivity index is 3.18. The molecule has 0 bridgehead atoms. The number of aliphatic hydroxyl groups excluding tert-OH is 1. The minimum absolute atomic E-state index is 0.108. The Morgan fingerprint density at radius 3 is 2.14 bits per heavy atom. The predicted octanol–water partition coefficient (Wildman–Crippen LogP) is 1.98. The van der Waals surface area contributed by atoms with Gasteiger partial charge in [0.25, 0.3) is 0 Å². The van der Waals surface area contributed by atoms with Gasteiger partial charge in [0.15, 0.2) is 0 Å². The predicted molar refractivity (Wildman–Crippen MR) is 55.2 cm³/mol. The summed E-state index contributed by atoms with van der Waals surface area (Å²) in [7, 11) is 3.08. The maximum absolute atomic E-state index is 9.66. The maximum Gasteiger partial charge on any atom is 0.128 e. The van der Waals surface area contributed by atoms with E-state index >= 15 is 0 Å². The second kappa shape index (κ2) is 5.08. The Bertz CT molecular complexity index is 279.